The van der Waals surface area contributed by atoms with Crippen LogP contribution in [0, 0.1) is 5.92 Å². The van der Waals surface area contributed by atoms with Gasteiger partial charge >= 0.3 is 0 Å². The lowest BCUT2D eigenvalue weighted by molar-refractivity contribution is -0.123. The molecule has 154 valence electrons. The number of amides is 1. The van der Waals surface area contributed by atoms with Crippen LogP contribution in [0.1, 0.15) is 39.2 Å². The molecule has 3 aliphatic rings. The third-order valence-corrected chi connectivity index (χ3v) is 4.66. The predicted molar refractivity (Wildman–Crippen MR) is 113 cm³/mol. The van der Waals surface area contributed by atoms with Gasteiger partial charge in [-0.2, -0.15) is 5.43 Å². The van der Waals surface area contributed by atoms with Crippen molar-refractivity contribution in [2.75, 3.05) is 0 Å². The van der Waals surface area contributed by atoms with Crippen LogP contribution < -0.4 is 10.7 Å². The Morgan fingerprint density at radius 2 is 2.07 bits per heavy atom. The Morgan fingerprint density at radius 1 is 1.34 bits per heavy atom. The summed E-state index contributed by atoms with van der Waals surface area (Å²) in [7, 11) is 0. The highest BCUT2D eigenvalue weighted by molar-refractivity contribution is 6.04. The van der Waals surface area contributed by atoms with Gasteiger partial charge in [-0.25, -0.2) is 4.99 Å². The number of benzene rings is 1. The van der Waals surface area contributed by atoms with Gasteiger partial charge in [-0.05, 0) is 43.1 Å². The molecule has 0 saturated heterocycles. The molecule has 1 saturated carbocycles. The summed E-state index contributed by atoms with van der Waals surface area (Å²) >= 11 is 0. The zero-order chi connectivity index (χ0) is 20.8. The number of allylic oxidation sites excluding steroid dienone is 2. The highest BCUT2D eigenvalue weighted by atomic mass is 16.5. The van der Waals surface area contributed by atoms with Crippen LogP contribution in [0.3, 0.4) is 0 Å². The van der Waals surface area contributed by atoms with Crippen molar-refractivity contribution in [2.45, 2.75) is 46.4 Å². The van der Waals surface area contributed by atoms with E-state index in [1.165, 1.54) is 5.06 Å². The lowest BCUT2D eigenvalue weighted by Gasteiger charge is -2.22. The molecule has 2 heterocycles. The lowest BCUT2D eigenvalue weighted by atomic mass is 10.1. The molecule has 0 bridgehead atoms. The largest absolute Gasteiger partial charge is 0.320 e. The van der Waals surface area contributed by atoms with Crippen LogP contribution >= 0.6 is 0 Å². The molecule has 29 heavy (non-hydrogen) atoms. The summed E-state index contributed by atoms with van der Waals surface area (Å²) in [6, 6.07) is 9.77. The zero-order valence-electron chi connectivity index (χ0n) is 17.2. The van der Waals surface area contributed by atoms with Crippen molar-refractivity contribution in [3.8, 4) is 0 Å². The van der Waals surface area contributed by atoms with Gasteiger partial charge in [0, 0.05) is 23.9 Å². The molecule has 1 atom stereocenters. The Balaban J connectivity index is 0.00000117. The minimum Gasteiger partial charge on any atom is -0.320 e. The third-order valence-electron chi connectivity index (χ3n) is 4.66. The van der Waals surface area contributed by atoms with Gasteiger partial charge < -0.3 is 5.32 Å². The molecular weight excluding hydrogens is 366 g/mol. The van der Waals surface area contributed by atoms with Crippen LogP contribution in [0.4, 0.5) is 0 Å². The van der Waals surface area contributed by atoms with Crippen molar-refractivity contribution >= 4 is 11.7 Å². The Bertz CT molecular complexity index is 840. The number of amidine groups is 1. The molecule has 1 amide bonds. The van der Waals surface area contributed by atoms with Crippen LogP contribution in [-0.2, 0) is 11.3 Å². The number of nitrogens with one attached hydrogen (secondary N) is 2. The van der Waals surface area contributed by atoms with E-state index in [4.69, 9.17) is 0 Å². The number of nitrogens with zero attached hydrogens (tertiary/aromatic N) is 3. The number of carbonyl (C=O) groups excluding carboxylic acids is 1. The van der Waals surface area contributed by atoms with Gasteiger partial charge in [0.05, 0.1) is 6.54 Å². The van der Waals surface area contributed by atoms with Gasteiger partial charge in [-0.3, -0.25) is 20.1 Å². The number of fused-ring (bicyclic) bond motifs is 1. The number of carbonyl (C=O) groups is 1. The van der Waals surface area contributed by atoms with Crippen molar-refractivity contribution < 1.29 is 10.0 Å². The number of hydrogen-bond acceptors (Lipinski definition) is 6. The number of aliphatic imine (C=N–C) groups is 1. The predicted octanol–water partition coefficient (Wildman–Crippen LogP) is 3.29. The smallest absolute Gasteiger partial charge is 0.225 e. The number of hydrogen-bond donors (Lipinski definition) is 3. The molecule has 2 aliphatic heterocycles. The highest BCUT2D eigenvalue weighted by Crippen LogP contribution is 2.29. The minimum atomic E-state index is -0.471. The van der Waals surface area contributed by atoms with Crippen molar-refractivity contribution in [1.82, 2.24) is 20.8 Å². The van der Waals surface area contributed by atoms with Crippen LogP contribution in [0.2, 0.25) is 0 Å². The van der Waals surface area contributed by atoms with Gasteiger partial charge in [-0.1, -0.05) is 44.2 Å². The second-order valence-corrected chi connectivity index (χ2v) is 6.95. The SMILES string of the molecule is C/C(=C\N(O)Cc1ccccc1)C1=CC=CN2NC(NC(=O)C3CC3)N=C12.CC. The standard InChI is InChI=1S/C20H23N5O2.C2H6/c1-14(12-24(27)13-15-6-3-2-4-7-15)17-8-5-11-25-18(17)21-20(23-25)22-19(26)16-9-10-16;1-2/h2-8,11-12,16,20,23,27H,9-10,13H2,1H3,(H,22,26);1-2H3/b14-12+;. The second kappa shape index (κ2) is 9.54. The van der Waals surface area contributed by atoms with Gasteiger partial charge in [0.25, 0.3) is 0 Å². The molecule has 1 unspecified atom stereocenters. The molecule has 1 aromatic carbocycles. The first kappa shape index (κ1) is 20.8. The van der Waals surface area contributed by atoms with E-state index < -0.39 is 6.29 Å². The molecular formula is C22H29N5O2. The fourth-order valence-corrected chi connectivity index (χ4v) is 3.10. The van der Waals surface area contributed by atoms with E-state index in [2.05, 4.69) is 15.7 Å². The maximum Gasteiger partial charge on any atom is 0.225 e. The van der Waals surface area contributed by atoms with Crippen LogP contribution in [-0.4, -0.2) is 33.3 Å². The van der Waals surface area contributed by atoms with E-state index in [9.17, 15) is 10.0 Å². The first-order valence-corrected chi connectivity index (χ1v) is 10.1. The molecule has 1 fully saturated rings. The molecule has 1 aliphatic carbocycles. The molecule has 7 nitrogen and oxygen atoms in total. The van der Waals surface area contributed by atoms with E-state index in [1.54, 1.807) is 11.2 Å². The minimum absolute atomic E-state index is 0.0443. The van der Waals surface area contributed by atoms with Crippen LogP contribution in [0.5, 0.6) is 0 Å². The van der Waals surface area contributed by atoms with E-state index in [1.807, 2.05) is 69.5 Å². The van der Waals surface area contributed by atoms with E-state index in [0.29, 0.717) is 6.54 Å². The summed E-state index contributed by atoms with van der Waals surface area (Å²) in [6.07, 6.45) is 8.85. The number of rotatable bonds is 6. The average molecular weight is 396 g/mol. The second-order valence-electron chi connectivity index (χ2n) is 6.95. The first-order valence-electron chi connectivity index (χ1n) is 10.1. The van der Waals surface area contributed by atoms with E-state index in [0.717, 1.165) is 35.4 Å². The first-order chi connectivity index (χ1) is 14.1. The van der Waals surface area contributed by atoms with Crippen molar-refractivity contribution in [2.24, 2.45) is 10.9 Å². The Kier molecular flexibility index (Phi) is 6.85. The Labute approximate surface area is 172 Å². The third kappa shape index (κ3) is 5.34. The molecule has 0 radical (unpaired) electrons. The summed E-state index contributed by atoms with van der Waals surface area (Å²) in [6.45, 7) is 6.33. The lowest BCUT2D eigenvalue weighted by Crippen LogP contribution is -2.46. The molecule has 0 spiro atoms. The normalized spacial score (nSPS) is 20.2. The summed E-state index contributed by atoms with van der Waals surface area (Å²) in [5.74, 6) is 0.904. The zero-order valence-corrected chi connectivity index (χ0v) is 17.2. The van der Waals surface area contributed by atoms with Gasteiger partial charge in [0.1, 0.15) is 0 Å². The fraction of sp³-hybridized carbons (Fsp3) is 0.364. The van der Waals surface area contributed by atoms with Gasteiger partial charge in [0.2, 0.25) is 5.91 Å². The van der Waals surface area contributed by atoms with E-state index in [-0.39, 0.29) is 11.8 Å². The topological polar surface area (TPSA) is 80.2 Å². The van der Waals surface area contributed by atoms with Crippen LogP contribution in [0.25, 0.3) is 0 Å². The maximum atomic E-state index is 12.0. The van der Waals surface area contributed by atoms with Crippen LogP contribution in [0.15, 0.2) is 71.0 Å². The van der Waals surface area contributed by atoms with Gasteiger partial charge in [-0.15, -0.1) is 0 Å². The maximum absolute atomic E-state index is 12.0. The quantitative estimate of drug-likeness (QED) is 0.644. The summed E-state index contributed by atoms with van der Waals surface area (Å²) < 4.78 is 0. The summed E-state index contributed by atoms with van der Waals surface area (Å²) in [5.41, 5.74) is 5.93. The monoisotopic (exact) mass is 395 g/mol. The molecule has 3 N–H and O–H groups in total. The molecule has 0 aromatic heterocycles. The summed E-state index contributed by atoms with van der Waals surface area (Å²) in [4.78, 5) is 16.6. The van der Waals surface area contributed by atoms with Crippen molar-refractivity contribution in [3.63, 3.8) is 0 Å². The molecule has 7 heteroatoms. The van der Waals surface area contributed by atoms with Gasteiger partial charge in [0.15, 0.2) is 12.1 Å². The van der Waals surface area contributed by atoms with Crippen molar-refractivity contribution in [1.29, 1.82) is 0 Å². The number of hydrazine groups is 1. The van der Waals surface area contributed by atoms with Crippen molar-refractivity contribution in [3.05, 3.63) is 71.6 Å². The molecule has 4 rings (SSSR count). The average Bonchev–Trinajstić information content (AvgIpc) is 3.50. The number of hydroxylamine groups is 2. The Morgan fingerprint density at radius 3 is 2.76 bits per heavy atom. The molecule has 1 aromatic rings. The summed E-state index contributed by atoms with van der Waals surface area (Å²) in [5, 5.41) is 16.1. The highest BCUT2D eigenvalue weighted by Gasteiger charge is 2.34. The Hall–Kier alpha value is -2.90. The van der Waals surface area contributed by atoms with E-state index >= 15 is 0 Å². The fourth-order valence-electron chi connectivity index (χ4n) is 3.10.